The molecule has 0 fully saturated rings. The Bertz CT molecular complexity index is 1120. The zero-order valence-electron chi connectivity index (χ0n) is 15.1. The number of benzene rings is 1. The number of rotatable bonds is 6. The topological polar surface area (TPSA) is 87.8 Å². The molecule has 1 aromatic carbocycles. The van der Waals surface area contributed by atoms with Crippen molar-refractivity contribution >= 4 is 50.6 Å². The molecule has 1 heterocycles. The van der Waals surface area contributed by atoms with Crippen molar-refractivity contribution in [3.8, 4) is 11.8 Å². The summed E-state index contributed by atoms with van der Waals surface area (Å²) in [6.07, 6.45) is -3.17. The smallest absolute Gasteiger partial charge is 0.368 e. The van der Waals surface area contributed by atoms with Crippen molar-refractivity contribution in [3.05, 3.63) is 33.4 Å². The number of thioether (sulfide) groups is 1. The molecule has 0 saturated heterocycles. The Kier molecular flexibility index (Phi) is 7.36. The van der Waals surface area contributed by atoms with Crippen LogP contribution in [0.15, 0.2) is 17.0 Å². The van der Waals surface area contributed by atoms with Gasteiger partial charge < -0.3 is 5.32 Å². The molecule has 16 heteroatoms. The Morgan fingerprint density at radius 1 is 1.19 bits per heavy atom. The lowest BCUT2D eigenvalue weighted by atomic mass is 10.2. The number of hydrogen-bond donors (Lipinski definition) is 1. The second kappa shape index (κ2) is 8.97. The van der Waals surface area contributed by atoms with Gasteiger partial charge in [-0.2, -0.15) is 48.5 Å². The lowest BCUT2D eigenvalue weighted by Gasteiger charge is -2.16. The van der Waals surface area contributed by atoms with Gasteiger partial charge in [0.05, 0.1) is 15.6 Å². The van der Waals surface area contributed by atoms with Crippen LogP contribution in [0.4, 0.5) is 32.2 Å². The zero-order chi connectivity index (χ0) is 23.8. The third kappa shape index (κ3) is 5.00. The number of sulfone groups is 1. The molecule has 0 saturated carbocycles. The Labute approximate surface area is 186 Å². The fourth-order valence-corrected chi connectivity index (χ4v) is 4.31. The van der Waals surface area contributed by atoms with Crippen molar-refractivity contribution in [3.63, 3.8) is 0 Å². The van der Waals surface area contributed by atoms with Crippen LogP contribution < -0.4 is 5.32 Å². The number of hydrogen-bond acceptors (Lipinski definition) is 6. The van der Waals surface area contributed by atoms with E-state index in [1.165, 1.54) is 17.8 Å². The fraction of sp³-hybridized carbons (Fsp3) is 0.333. The minimum absolute atomic E-state index is 0.0754. The number of nitrogens with zero attached hydrogens (tertiary/aromatic N) is 3. The summed E-state index contributed by atoms with van der Waals surface area (Å²) in [5.41, 5.74) is -8.71. The predicted octanol–water partition coefficient (Wildman–Crippen LogP) is 5.14. The van der Waals surface area contributed by atoms with Crippen LogP contribution in [0, 0.1) is 11.3 Å². The average molecular weight is 527 g/mol. The standard InChI is InChI=1S/C15H10Cl2F6N4O2S2/c1-30-3-2-25-13-12(31(28,29)15(21,22)23)10(6-24)26-27(13)11-8(16)4-7(5-9(11)17)14(18,19)20/h4-5,25H,2-3H2,1H3. The Hall–Kier alpha value is -1.82. The molecule has 170 valence electrons. The number of alkyl halides is 6. The summed E-state index contributed by atoms with van der Waals surface area (Å²) in [6, 6.07) is 2.14. The van der Waals surface area contributed by atoms with Crippen LogP contribution in [-0.2, 0) is 16.0 Å². The van der Waals surface area contributed by atoms with Gasteiger partial charge in [0.1, 0.15) is 11.8 Å². The first-order valence-corrected chi connectivity index (χ1v) is 11.4. The molecular formula is C15H10Cl2F6N4O2S2. The molecule has 6 nitrogen and oxygen atoms in total. The van der Waals surface area contributed by atoms with Crippen LogP contribution in [0.25, 0.3) is 5.69 Å². The Morgan fingerprint density at radius 2 is 1.74 bits per heavy atom. The first-order valence-electron chi connectivity index (χ1n) is 7.80. The number of halogens is 8. The molecule has 31 heavy (non-hydrogen) atoms. The maximum atomic E-state index is 13.2. The highest BCUT2D eigenvalue weighted by Gasteiger charge is 2.51. The molecule has 0 radical (unpaired) electrons. The van der Waals surface area contributed by atoms with Crippen LogP contribution in [-0.4, -0.2) is 42.3 Å². The highest BCUT2D eigenvalue weighted by Crippen LogP contribution is 2.42. The monoisotopic (exact) mass is 526 g/mol. The second-order valence-corrected chi connectivity index (χ2v) is 9.38. The van der Waals surface area contributed by atoms with E-state index >= 15 is 0 Å². The largest absolute Gasteiger partial charge is 0.502 e. The third-order valence-corrected chi connectivity index (χ3v) is 6.40. The molecule has 0 spiro atoms. The molecule has 0 aliphatic heterocycles. The van der Waals surface area contributed by atoms with Gasteiger partial charge in [0.15, 0.2) is 16.4 Å². The normalized spacial score (nSPS) is 12.6. The van der Waals surface area contributed by atoms with Crippen molar-refractivity contribution in [2.45, 2.75) is 16.6 Å². The summed E-state index contributed by atoms with van der Waals surface area (Å²) in [7, 11) is -6.07. The van der Waals surface area contributed by atoms with E-state index < -0.39 is 59.2 Å². The van der Waals surface area contributed by atoms with Crippen LogP contribution in [0.3, 0.4) is 0 Å². The van der Waals surface area contributed by atoms with Crippen LogP contribution in [0.1, 0.15) is 11.3 Å². The minimum Gasteiger partial charge on any atom is -0.368 e. The maximum absolute atomic E-state index is 13.2. The number of aromatic nitrogens is 2. The molecule has 1 aromatic heterocycles. The summed E-state index contributed by atoms with van der Waals surface area (Å²) in [5.74, 6) is -0.515. The van der Waals surface area contributed by atoms with Crippen molar-refractivity contribution in [2.75, 3.05) is 23.9 Å². The van der Waals surface area contributed by atoms with Gasteiger partial charge in [-0.1, -0.05) is 23.2 Å². The van der Waals surface area contributed by atoms with Crippen molar-refractivity contribution < 1.29 is 34.8 Å². The van der Waals surface area contributed by atoms with Crippen molar-refractivity contribution in [1.82, 2.24) is 9.78 Å². The molecule has 0 atom stereocenters. The minimum atomic E-state index is -6.07. The number of nitrogens with one attached hydrogen (secondary N) is 1. The molecule has 0 amide bonds. The van der Waals surface area contributed by atoms with Crippen LogP contribution in [0.2, 0.25) is 10.0 Å². The van der Waals surface area contributed by atoms with Gasteiger partial charge in [0, 0.05) is 12.3 Å². The summed E-state index contributed by atoms with van der Waals surface area (Å²) >= 11 is 13.0. The van der Waals surface area contributed by atoms with Crippen LogP contribution in [0.5, 0.6) is 0 Å². The Morgan fingerprint density at radius 3 is 2.16 bits per heavy atom. The first-order chi connectivity index (χ1) is 14.2. The van der Waals surface area contributed by atoms with E-state index in [1.807, 2.05) is 0 Å². The molecule has 0 bridgehead atoms. The maximum Gasteiger partial charge on any atom is 0.502 e. The molecule has 2 rings (SSSR count). The van der Waals surface area contributed by atoms with Crippen molar-refractivity contribution in [1.29, 1.82) is 5.26 Å². The summed E-state index contributed by atoms with van der Waals surface area (Å²) in [4.78, 5) is -1.49. The van der Waals surface area contributed by atoms with Gasteiger partial charge in [0.25, 0.3) is 9.84 Å². The lowest BCUT2D eigenvalue weighted by Crippen LogP contribution is -2.25. The molecule has 0 unspecified atom stereocenters. The molecule has 0 aliphatic rings. The zero-order valence-corrected chi connectivity index (χ0v) is 18.2. The van der Waals surface area contributed by atoms with E-state index in [0.29, 0.717) is 22.6 Å². The number of anilines is 1. The lowest BCUT2D eigenvalue weighted by molar-refractivity contribution is -0.137. The van der Waals surface area contributed by atoms with Crippen molar-refractivity contribution in [2.24, 2.45) is 0 Å². The van der Waals surface area contributed by atoms with Gasteiger partial charge >= 0.3 is 11.7 Å². The number of nitriles is 1. The Balaban J connectivity index is 2.88. The highest BCUT2D eigenvalue weighted by atomic mass is 35.5. The quantitative estimate of drug-likeness (QED) is 0.414. The summed E-state index contributed by atoms with van der Waals surface area (Å²) in [6.45, 7) is -0.0754. The van der Waals surface area contributed by atoms with E-state index in [-0.39, 0.29) is 6.54 Å². The van der Waals surface area contributed by atoms with Gasteiger partial charge in [-0.05, 0) is 18.4 Å². The van der Waals surface area contributed by atoms with E-state index in [2.05, 4.69) is 10.4 Å². The van der Waals surface area contributed by atoms with E-state index in [0.717, 1.165) is 0 Å². The van der Waals surface area contributed by atoms with E-state index in [9.17, 15) is 40.0 Å². The first kappa shape index (κ1) is 25.4. The molecule has 1 N–H and O–H groups in total. The summed E-state index contributed by atoms with van der Waals surface area (Å²) < 4.78 is 103. The van der Waals surface area contributed by atoms with Crippen LogP contribution >= 0.6 is 35.0 Å². The SMILES string of the molecule is CSCCNc1c(S(=O)(=O)C(F)(F)F)c(C#N)nn1-c1c(Cl)cc(C(F)(F)F)cc1Cl. The highest BCUT2D eigenvalue weighted by molar-refractivity contribution is 7.98. The predicted molar refractivity (Wildman–Crippen MR) is 103 cm³/mol. The summed E-state index contributed by atoms with van der Waals surface area (Å²) in [5, 5.41) is 13.8. The molecule has 0 aliphatic carbocycles. The van der Waals surface area contributed by atoms with Gasteiger partial charge in [-0.3, -0.25) is 0 Å². The average Bonchev–Trinajstić information content (AvgIpc) is 2.98. The van der Waals surface area contributed by atoms with E-state index in [4.69, 9.17) is 23.2 Å². The third-order valence-electron chi connectivity index (χ3n) is 3.68. The van der Waals surface area contributed by atoms with E-state index in [1.54, 1.807) is 6.26 Å². The van der Waals surface area contributed by atoms with Gasteiger partial charge in [-0.15, -0.1) is 0 Å². The molecule has 2 aromatic rings. The van der Waals surface area contributed by atoms with Gasteiger partial charge in [-0.25, -0.2) is 13.1 Å². The van der Waals surface area contributed by atoms with Gasteiger partial charge in [0.2, 0.25) is 0 Å². The second-order valence-electron chi connectivity index (χ2n) is 5.70. The fourth-order valence-electron chi connectivity index (χ4n) is 2.37. The molecular weight excluding hydrogens is 517 g/mol.